The van der Waals surface area contributed by atoms with Crippen molar-refractivity contribution in [2.75, 3.05) is 18.0 Å². The van der Waals surface area contributed by atoms with E-state index < -0.39 is 11.2 Å². The van der Waals surface area contributed by atoms with Gasteiger partial charge in [0.1, 0.15) is 11.6 Å². The summed E-state index contributed by atoms with van der Waals surface area (Å²) >= 11 is 0. The summed E-state index contributed by atoms with van der Waals surface area (Å²) in [5, 5.41) is 20.5. The molecule has 6 nitrogen and oxygen atoms in total. The van der Waals surface area contributed by atoms with Gasteiger partial charge in [-0.1, -0.05) is 6.92 Å². The van der Waals surface area contributed by atoms with Gasteiger partial charge in [0.05, 0.1) is 23.0 Å². The topological polar surface area (TPSA) is 93.0 Å². The minimum atomic E-state index is -0.976. The van der Waals surface area contributed by atoms with E-state index in [9.17, 15) is 15.2 Å². The molecule has 0 aromatic carbocycles. The van der Waals surface area contributed by atoms with Crippen molar-refractivity contribution >= 4 is 16.6 Å². The number of nitrogens with one attached hydrogen (secondary N) is 1. The van der Waals surface area contributed by atoms with Crippen LogP contribution in [0, 0.1) is 11.3 Å². The quantitative estimate of drug-likeness (QED) is 0.880. The number of hydrogen-bond donors (Lipinski definition) is 2. The molecule has 0 saturated carbocycles. The molecule has 1 fully saturated rings. The van der Waals surface area contributed by atoms with Gasteiger partial charge < -0.3 is 15.0 Å². The van der Waals surface area contributed by atoms with Gasteiger partial charge in [-0.3, -0.25) is 9.78 Å². The maximum atomic E-state index is 12.3. The number of hydrogen-bond acceptors (Lipinski definition) is 5. The Bertz CT molecular complexity index is 863. The van der Waals surface area contributed by atoms with E-state index in [0.29, 0.717) is 37.1 Å². The van der Waals surface area contributed by atoms with Crippen molar-refractivity contribution in [3.63, 3.8) is 0 Å². The average molecular weight is 313 g/mol. The molecule has 1 aliphatic rings. The van der Waals surface area contributed by atoms with Gasteiger partial charge in [-0.2, -0.15) is 5.26 Å². The van der Waals surface area contributed by atoms with Crippen LogP contribution in [0.3, 0.4) is 0 Å². The summed E-state index contributed by atoms with van der Waals surface area (Å²) in [7, 11) is 0. The van der Waals surface area contributed by atoms with Crippen molar-refractivity contribution < 1.29 is 6.48 Å². The highest BCUT2D eigenvalue weighted by atomic mass is 16.3. The molecule has 2 aromatic rings. The SMILES string of the molecule is [2H]CC1(O)CCN(c2c(C#N)c(=O)[nH]c3cnc(CC)cc23)CC1. The normalized spacial score (nSPS) is 17.8. The summed E-state index contributed by atoms with van der Waals surface area (Å²) in [4.78, 5) is 21.3. The molecule has 1 saturated heterocycles. The molecule has 0 bridgehead atoms. The molecule has 1 aliphatic heterocycles. The number of piperidine rings is 1. The Morgan fingerprint density at radius 1 is 1.57 bits per heavy atom. The first kappa shape index (κ1) is 14.2. The lowest BCUT2D eigenvalue weighted by Crippen LogP contribution is -2.43. The third-order valence-electron chi connectivity index (χ3n) is 4.41. The molecular formula is C17H20N4O2. The zero-order valence-electron chi connectivity index (χ0n) is 14.1. The van der Waals surface area contributed by atoms with Crippen molar-refractivity contribution in [3.8, 4) is 6.07 Å². The number of nitriles is 1. The fraction of sp³-hybridized carbons (Fsp3) is 0.471. The summed E-state index contributed by atoms with van der Waals surface area (Å²) in [5.41, 5.74) is 0.794. The lowest BCUT2D eigenvalue weighted by molar-refractivity contribution is 0.0352. The van der Waals surface area contributed by atoms with Crippen LogP contribution in [-0.2, 0) is 6.42 Å². The number of H-pyrrole nitrogens is 1. The fourth-order valence-corrected chi connectivity index (χ4v) is 2.99. The number of aromatic amines is 1. The van der Waals surface area contributed by atoms with Crippen LogP contribution in [-0.4, -0.2) is 33.8 Å². The molecule has 23 heavy (non-hydrogen) atoms. The van der Waals surface area contributed by atoms with Gasteiger partial charge in [-0.05, 0) is 32.2 Å². The van der Waals surface area contributed by atoms with E-state index in [-0.39, 0.29) is 12.5 Å². The highest BCUT2D eigenvalue weighted by Gasteiger charge is 2.30. The van der Waals surface area contributed by atoms with Gasteiger partial charge in [0, 0.05) is 25.5 Å². The number of nitrogens with zero attached hydrogens (tertiary/aromatic N) is 3. The number of fused-ring (bicyclic) bond motifs is 1. The zero-order valence-corrected chi connectivity index (χ0v) is 13.1. The Labute approximate surface area is 135 Å². The van der Waals surface area contributed by atoms with Gasteiger partial charge in [0.15, 0.2) is 0 Å². The second-order valence-electron chi connectivity index (χ2n) is 6.08. The summed E-state index contributed by atoms with van der Waals surface area (Å²) in [5.74, 6) is 0. The van der Waals surface area contributed by atoms with E-state index in [0.717, 1.165) is 17.5 Å². The van der Waals surface area contributed by atoms with Gasteiger partial charge >= 0.3 is 0 Å². The minimum Gasteiger partial charge on any atom is -0.390 e. The Kier molecular flexibility index (Phi) is 3.50. The molecule has 0 amide bonds. The summed E-state index contributed by atoms with van der Waals surface area (Å²) in [6.45, 7) is 2.98. The van der Waals surface area contributed by atoms with Crippen LogP contribution < -0.4 is 10.5 Å². The third kappa shape index (κ3) is 2.80. The van der Waals surface area contributed by atoms with Crippen molar-refractivity contribution in [2.24, 2.45) is 0 Å². The summed E-state index contributed by atoms with van der Waals surface area (Å²) in [6.07, 6.45) is 3.28. The van der Waals surface area contributed by atoms with Crippen LogP contribution in [0.5, 0.6) is 0 Å². The van der Waals surface area contributed by atoms with E-state index in [4.69, 9.17) is 1.37 Å². The second-order valence-corrected chi connectivity index (χ2v) is 6.08. The first-order valence-electron chi connectivity index (χ1n) is 8.43. The van der Waals surface area contributed by atoms with Crippen LogP contribution in [0.2, 0.25) is 0 Å². The first-order chi connectivity index (χ1) is 11.5. The second kappa shape index (κ2) is 5.67. The molecule has 0 atom stereocenters. The molecule has 0 spiro atoms. The van der Waals surface area contributed by atoms with Gasteiger partial charge in [0.25, 0.3) is 5.56 Å². The summed E-state index contributed by atoms with van der Waals surface area (Å²) in [6, 6.07) is 3.93. The van der Waals surface area contributed by atoms with E-state index >= 15 is 0 Å². The molecule has 3 heterocycles. The Hall–Kier alpha value is -2.39. The first-order valence-corrected chi connectivity index (χ1v) is 7.73. The van der Waals surface area contributed by atoms with Gasteiger partial charge in [0.2, 0.25) is 0 Å². The largest absolute Gasteiger partial charge is 0.390 e. The van der Waals surface area contributed by atoms with Crippen molar-refractivity contribution in [1.82, 2.24) is 9.97 Å². The van der Waals surface area contributed by atoms with Crippen LogP contribution in [0.4, 0.5) is 5.69 Å². The predicted octanol–water partition coefficient (Wildman–Crippen LogP) is 1.71. The number of rotatable bonds is 2. The Morgan fingerprint density at radius 3 is 2.91 bits per heavy atom. The molecule has 120 valence electrons. The predicted molar refractivity (Wildman–Crippen MR) is 88.5 cm³/mol. The Balaban J connectivity index is 2.15. The molecule has 3 rings (SSSR count). The van der Waals surface area contributed by atoms with Crippen molar-refractivity contribution in [1.29, 1.82) is 5.26 Å². The number of aryl methyl sites for hydroxylation is 1. The maximum Gasteiger partial charge on any atom is 0.268 e. The van der Waals surface area contributed by atoms with Crippen molar-refractivity contribution in [3.05, 3.63) is 33.9 Å². The monoisotopic (exact) mass is 313 g/mol. The highest BCUT2D eigenvalue weighted by Crippen LogP contribution is 2.32. The molecule has 2 N–H and O–H groups in total. The molecule has 0 unspecified atom stereocenters. The zero-order chi connectivity index (χ0) is 17.3. The van der Waals surface area contributed by atoms with Crippen molar-refractivity contribution in [2.45, 2.75) is 38.7 Å². The highest BCUT2D eigenvalue weighted by molar-refractivity contribution is 5.94. The molecule has 0 radical (unpaired) electrons. The number of aromatic nitrogens is 2. The number of pyridine rings is 2. The molecule has 2 aromatic heterocycles. The third-order valence-corrected chi connectivity index (χ3v) is 4.41. The van der Waals surface area contributed by atoms with E-state index in [2.05, 4.69) is 9.97 Å². The Morgan fingerprint density at radius 2 is 2.30 bits per heavy atom. The van der Waals surface area contributed by atoms with Crippen LogP contribution in [0.1, 0.15) is 39.3 Å². The molecular weight excluding hydrogens is 292 g/mol. The molecule has 0 aliphatic carbocycles. The lowest BCUT2D eigenvalue weighted by Gasteiger charge is -2.37. The average Bonchev–Trinajstić information content (AvgIpc) is 2.61. The molecule has 6 heteroatoms. The summed E-state index contributed by atoms with van der Waals surface area (Å²) < 4.78 is 7.48. The lowest BCUT2D eigenvalue weighted by atomic mass is 9.93. The van der Waals surface area contributed by atoms with Crippen LogP contribution in [0.25, 0.3) is 10.9 Å². The van der Waals surface area contributed by atoms with E-state index in [1.54, 1.807) is 6.20 Å². The standard InChI is InChI=1S/C17H20N4O2/c1-3-11-8-12-14(10-19-11)20-16(22)13(9-18)15(12)21-6-4-17(2,23)5-7-21/h8,10,23H,3-7H2,1-2H3,(H,20,22)/i2D. The smallest absolute Gasteiger partial charge is 0.268 e. The van der Waals surface area contributed by atoms with E-state index in [1.165, 1.54) is 0 Å². The fourth-order valence-electron chi connectivity index (χ4n) is 2.99. The minimum absolute atomic E-state index is 0.0357. The van der Waals surface area contributed by atoms with Crippen LogP contribution in [0.15, 0.2) is 17.1 Å². The maximum absolute atomic E-state index is 12.3. The van der Waals surface area contributed by atoms with Gasteiger partial charge in [-0.25, -0.2) is 0 Å². The number of aliphatic hydroxyl groups is 1. The van der Waals surface area contributed by atoms with Crippen LogP contribution >= 0.6 is 0 Å². The van der Waals surface area contributed by atoms with Gasteiger partial charge in [-0.15, -0.1) is 0 Å². The number of anilines is 1. The van der Waals surface area contributed by atoms with E-state index in [1.807, 2.05) is 24.0 Å².